The van der Waals surface area contributed by atoms with Gasteiger partial charge >= 0.3 is 6.18 Å². The number of anilines is 1. The van der Waals surface area contributed by atoms with Crippen molar-refractivity contribution in [2.75, 3.05) is 5.32 Å². The third-order valence-electron chi connectivity index (χ3n) is 7.11. The van der Waals surface area contributed by atoms with Gasteiger partial charge in [-0.2, -0.15) is 18.3 Å². The van der Waals surface area contributed by atoms with Gasteiger partial charge in [0, 0.05) is 17.8 Å². The minimum Gasteiger partial charge on any atom is -0.393 e. The number of carbonyl (C=O) groups excluding carboxylic acids is 2. The molecule has 0 unspecified atom stereocenters. The van der Waals surface area contributed by atoms with Crippen molar-refractivity contribution >= 4 is 40.0 Å². The van der Waals surface area contributed by atoms with Gasteiger partial charge in [0.1, 0.15) is 0 Å². The summed E-state index contributed by atoms with van der Waals surface area (Å²) in [5, 5.41) is 20.6. The maximum Gasteiger partial charge on any atom is 0.416 e. The van der Waals surface area contributed by atoms with E-state index < -0.39 is 17.6 Å². The van der Waals surface area contributed by atoms with Gasteiger partial charge in [-0.3, -0.25) is 9.59 Å². The Labute approximate surface area is 232 Å². The third-order valence-corrected chi connectivity index (χ3v) is 7.44. The lowest BCUT2D eigenvalue weighted by Crippen LogP contribution is -2.33. The van der Waals surface area contributed by atoms with Crippen LogP contribution in [0.25, 0.3) is 16.6 Å². The molecule has 1 aliphatic rings. The SMILES string of the molecule is O=C(Nc1cccc2c1cnn2-c1ccc(C(F)(F)F)cc1)c1cc(CNC(=O)[C@H]2CC[C@H](O)CC2)ccc1Cl. The van der Waals surface area contributed by atoms with Crippen molar-refractivity contribution in [1.29, 1.82) is 0 Å². The van der Waals surface area contributed by atoms with Gasteiger partial charge in [0.15, 0.2) is 0 Å². The number of rotatable bonds is 6. The first-order valence-electron chi connectivity index (χ1n) is 12.8. The third kappa shape index (κ3) is 5.97. The molecule has 0 spiro atoms. The fourth-order valence-electron chi connectivity index (χ4n) is 4.87. The molecule has 0 bridgehead atoms. The summed E-state index contributed by atoms with van der Waals surface area (Å²) in [5.74, 6) is -0.679. The number of alkyl halides is 3. The first-order chi connectivity index (χ1) is 19.1. The largest absolute Gasteiger partial charge is 0.416 e. The van der Waals surface area contributed by atoms with Crippen molar-refractivity contribution in [3.63, 3.8) is 0 Å². The second kappa shape index (κ2) is 11.3. The second-order valence-electron chi connectivity index (χ2n) is 9.83. The highest BCUT2D eigenvalue weighted by Gasteiger charge is 2.30. The Hall–Kier alpha value is -3.89. The van der Waals surface area contributed by atoms with Crippen LogP contribution in [0.3, 0.4) is 0 Å². The molecule has 11 heteroatoms. The number of nitrogens with one attached hydrogen (secondary N) is 2. The zero-order chi connectivity index (χ0) is 28.4. The number of hydrogen-bond donors (Lipinski definition) is 3. The van der Waals surface area contributed by atoms with Crippen LogP contribution in [0.15, 0.2) is 66.9 Å². The lowest BCUT2D eigenvalue weighted by molar-refractivity contribution is -0.137. The molecule has 1 aromatic heterocycles. The molecular weight excluding hydrogens is 545 g/mol. The fourth-order valence-corrected chi connectivity index (χ4v) is 5.08. The lowest BCUT2D eigenvalue weighted by Gasteiger charge is -2.24. The number of aromatic nitrogens is 2. The summed E-state index contributed by atoms with van der Waals surface area (Å²) in [6, 6.07) is 14.8. The molecule has 2 amide bonds. The normalized spacial score (nSPS) is 17.5. The van der Waals surface area contributed by atoms with Gasteiger partial charge < -0.3 is 15.7 Å². The maximum atomic E-state index is 13.2. The van der Waals surface area contributed by atoms with Gasteiger partial charge in [-0.05, 0) is 79.8 Å². The van der Waals surface area contributed by atoms with Crippen LogP contribution < -0.4 is 10.6 Å². The molecule has 1 heterocycles. The van der Waals surface area contributed by atoms with Gasteiger partial charge in [0.05, 0.1) is 45.3 Å². The molecule has 1 fully saturated rings. The van der Waals surface area contributed by atoms with Crippen LogP contribution in [0, 0.1) is 5.92 Å². The molecule has 3 N–H and O–H groups in total. The maximum absolute atomic E-state index is 13.2. The van der Waals surface area contributed by atoms with Crippen molar-refractivity contribution < 1.29 is 27.9 Å². The van der Waals surface area contributed by atoms with E-state index in [-0.39, 0.29) is 35.1 Å². The van der Waals surface area contributed by atoms with E-state index in [9.17, 15) is 27.9 Å². The first-order valence-corrected chi connectivity index (χ1v) is 13.2. The lowest BCUT2D eigenvalue weighted by atomic mass is 9.87. The number of aliphatic hydroxyl groups is 1. The molecule has 0 atom stereocenters. The predicted molar refractivity (Wildman–Crippen MR) is 145 cm³/mol. The first kappa shape index (κ1) is 27.7. The van der Waals surface area contributed by atoms with E-state index in [1.54, 1.807) is 36.4 Å². The van der Waals surface area contributed by atoms with Crippen molar-refractivity contribution in [3.8, 4) is 5.69 Å². The van der Waals surface area contributed by atoms with E-state index in [1.165, 1.54) is 23.0 Å². The zero-order valence-electron chi connectivity index (χ0n) is 21.2. The molecule has 0 aliphatic heterocycles. The van der Waals surface area contributed by atoms with Crippen LogP contribution in [0.2, 0.25) is 5.02 Å². The molecule has 0 saturated heterocycles. The highest BCUT2D eigenvalue weighted by atomic mass is 35.5. The van der Waals surface area contributed by atoms with E-state index in [4.69, 9.17) is 11.6 Å². The van der Waals surface area contributed by atoms with Crippen LogP contribution in [-0.2, 0) is 17.5 Å². The van der Waals surface area contributed by atoms with Crippen molar-refractivity contribution in [2.24, 2.45) is 5.92 Å². The molecular formula is C29H26ClF3N4O3. The van der Waals surface area contributed by atoms with Crippen LogP contribution >= 0.6 is 11.6 Å². The number of fused-ring (bicyclic) bond motifs is 1. The molecule has 5 rings (SSSR count). The Bertz CT molecular complexity index is 1540. The number of carbonyl (C=O) groups is 2. The smallest absolute Gasteiger partial charge is 0.393 e. The Kier molecular flexibility index (Phi) is 7.82. The van der Waals surface area contributed by atoms with Crippen LogP contribution in [0.4, 0.5) is 18.9 Å². The van der Waals surface area contributed by atoms with Crippen molar-refractivity contribution in [2.45, 2.75) is 44.5 Å². The fraction of sp³-hybridized carbons (Fsp3) is 0.276. The summed E-state index contributed by atoms with van der Waals surface area (Å²) >= 11 is 6.33. The summed E-state index contributed by atoms with van der Waals surface area (Å²) in [7, 11) is 0. The number of hydrogen-bond acceptors (Lipinski definition) is 4. The second-order valence-corrected chi connectivity index (χ2v) is 10.2. The summed E-state index contributed by atoms with van der Waals surface area (Å²) in [4.78, 5) is 25.8. The number of aliphatic hydroxyl groups excluding tert-OH is 1. The van der Waals surface area contributed by atoms with Crippen molar-refractivity contribution in [1.82, 2.24) is 15.1 Å². The minimum atomic E-state index is -4.44. The van der Waals surface area contributed by atoms with Gasteiger partial charge in [0.2, 0.25) is 5.91 Å². The number of benzene rings is 3. The summed E-state index contributed by atoms with van der Waals surface area (Å²) in [6.45, 7) is 0.227. The summed E-state index contributed by atoms with van der Waals surface area (Å²) < 4.78 is 40.4. The monoisotopic (exact) mass is 570 g/mol. The quantitative estimate of drug-likeness (QED) is 0.260. The molecule has 40 heavy (non-hydrogen) atoms. The number of amides is 2. The van der Waals surface area contributed by atoms with E-state index >= 15 is 0 Å². The number of nitrogens with zero attached hydrogens (tertiary/aromatic N) is 2. The molecule has 3 aromatic carbocycles. The van der Waals surface area contributed by atoms with E-state index in [1.807, 2.05) is 0 Å². The Balaban J connectivity index is 1.31. The highest BCUT2D eigenvalue weighted by molar-refractivity contribution is 6.34. The Morgan fingerprint density at radius 1 is 1.02 bits per heavy atom. The standard InChI is InChI=1S/C29H26ClF3N4O3/c30-24-13-4-17(15-34-27(39)18-5-11-21(38)12-6-18)14-22(24)28(40)36-25-2-1-3-26-23(25)16-35-37(26)20-9-7-19(8-10-20)29(31,32)33/h1-4,7-10,13-14,16,18,21,38H,5-6,11-12,15H2,(H,34,39)(H,36,40)/t18-,21-. The summed E-state index contributed by atoms with van der Waals surface area (Å²) in [5.41, 5.74) is 1.65. The van der Waals surface area contributed by atoms with E-state index in [0.717, 1.165) is 12.1 Å². The highest BCUT2D eigenvalue weighted by Crippen LogP contribution is 2.31. The van der Waals surface area contributed by atoms with Gasteiger partial charge in [-0.25, -0.2) is 4.68 Å². The molecule has 0 radical (unpaired) electrons. The molecule has 1 saturated carbocycles. The van der Waals surface area contributed by atoms with E-state index in [0.29, 0.717) is 53.5 Å². The predicted octanol–water partition coefficient (Wildman–Crippen LogP) is 6.12. The van der Waals surface area contributed by atoms with Crippen molar-refractivity contribution in [3.05, 3.63) is 88.6 Å². The Morgan fingerprint density at radius 2 is 1.75 bits per heavy atom. The molecule has 7 nitrogen and oxygen atoms in total. The minimum absolute atomic E-state index is 0.0791. The van der Waals surface area contributed by atoms with Gasteiger partial charge in [-0.1, -0.05) is 23.7 Å². The molecule has 4 aromatic rings. The molecule has 208 valence electrons. The van der Waals surface area contributed by atoms with Crippen LogP contribution in [-0.4, -0.2) is 32.8 Å². The van der Waals surface area contributed by atoms with Gasteiger partial charge in [-0.15, -0.1) is 0 Å². The topological polar surface area (TPSA) is 96.3 Å². The van der Waals surface area contributed by atoms with E-state index in [2.05, 4.69) is 15.7 Å². The average molecular weight is 571 g/mol. The van der Waals surface area contributed by atoms with Gasteiger partial charge in [0.25, 0.3) is 5.91 Å². The van der Waals surface area contributed by atoms with Crippen LogP contribution in [0.1, 0.15) is 47.2 Å². The van der Waals surface area contributed by atoms with Crippen LogP contribution in [0.5, 0.6) is 0 Å². The number of halogens is 4. The Morgan fingerprint density at radius 3 is 2.45 bits per heavy atom. The summed E-state index contributed by atoms with van der Waals surface area (Å²) in [6.07, 6.45) is -0.748. The molecule has 1 aliphatic carbocycles. The average Bonchev–Trinajstić information content (AvgIpc) is 3.37. The zero-order valence-corrected chi connectivity index (χ0v) is 22.0.